The number of aromatic nitrogens is 6. The number of nitrogens with zero attached hydrogens (tertiary/aromatic N) is 6. The highest BCUT2D eigenvalue weighted by Crippen LogP contribution is 2.42. The molecular formula is C21H24N8O. The van der Waals surface area contributed by atoms with Gasteiger partial charge in [0.15, 0.2) is 5.65 Å². The van der Waals surface area contributed by atoms with Gasteiger partial charge in [0, 0.05) is 18.7 Å². The first-order valence-corrected chi connectivity index (χ1v) is 10.5. The molecule has 0 bridgehead atoms. The molecule has 1 saturated heterocycles. The fourth-order valence-corrected chi connectivity index (χ4v) is 4.01. The van der Waals surface area contributed by atoms with Crippen LogP contribution in [0, 0.1) is 6.92 Å². The molecule has 1 aliphatic carbocycles. The van der Waals surface area contributed by atoms with Gasteiger partial charge in [0.2, 0.25) is 11.9 Å². The van der Waals surface area contributed by atoms with Crippen molar-refractivity contribution in [1.82, 2.24) is 29.5 Å². The topological polar surface area (TPSA) is 96.3 Å². The molecule has 4 aromatic rings. The summed E-state index contributed by atoms with van der Waals surface area (Å²) in [6, 6.07) is 6.23. The first kappa shape index (κ1) is 17.6. The molecule has 2 N–H and O–H groups in total. The largest absolute Gasteiger partial charge is 0.378 e. The van der Waals surface area contributed by atoms with E-state index in [4.69, 9.17) is 14.7 Å². The van der Waals surface area contributed by atoms with Crippen molar-refractivity contribution in [2.24, 2.45) is 0 Å². The van der Waals surface area contributed by atoms with E-state index in [0.717, 1.165) is 41.5 Å². The Balaban J connectivity index is 1.35. The zero-order valence-electron chi connectivity index (χ0n) is 16.9. The molecule has 9 heteroatoms. The first-order chi connectivity index (χ1) is 14.7. The summed E-state index contributed by atoms with van der Waals surface area (Å²) < 4.78 is 7.32. The van der Waals surface area contributed by atoms with Crippen molar-refractivity contribution in [1.29, 1.82) is 0 Å². The average molecular weight is 404 g/mol. The molecule has 0 spiro atoms. The highest BCUT2D eigenvalue weighted by atomic mass is 16.5. The van der Waals surface area contributed by atoms with Gasteiger partial charge in [-0.25, -0.2) is 4.98 Å². The van der Waals surface area contributed by atoms with Crippen LogP contribution in [0.1, 0.15) is 35.7 Å². The second-order valence-corrected chi connectivity index (χ2v) is 8.11. The summed E-state index contributed by atoms with van der Waals surface area (Å²) >= 11 is 0. The number of ether oxygens (including phenoxy) is 1. The lowest BCUT2D eigenvalue weighted by atomic mass is 10.2. The Hall–Kier alpha value is -3.20. The summed E-state index contributed by atoms with van der Waals surface area (Å²) in [5, 5.41) is 8.02. The van der Waals surface area contributed by atoms with Gasteiger partial charge in [0.05, 0.1) is 37.0 Å². The number of anilines is 2. The fraction of sp³-hybridized carbons (Fsp3) is 0.429. The van der Waals surface area contributed by atoms with Crippen LogP contribution >= 0.6 is 0 Å². The van der Waals surface area contributed by atoms with Gasteiger partial charge in [-0.2, -0.15) is 19.6 Å². The van der Waals surface area contributed by atoms with Crippen LogP contribution in [0.3, 0.4) is 0 Å². The number of benzene rings is 1. The highest BCUT2D eigenvalue weighted by molar-refractivity contribution is 5.75. The summed E-state index contributed by atoms with van der Waals surface area (Å²) in [4.78, 5) is 19.9. The molecule has 2 fully saturated rings. The maximum atomic E-state index is 5.50. The number of nitrogens with one attached hydrogen (secondary N) is 2. The van der Waals surface area contributed by atoms with Crippen molar-refractivity contribution in [3.8, 4) is 0 Å². The van der Waals surface area contributed by atoms with Crippen molar-refractivity contribution in [3.63, 3.8) is 0 Å². The van der Waals surface area contributed by atoms with E-state index >= 15 is 0 Å². The van der Waals surface area contributed by atoms with Gasteiger partial charge in [0.25, 0.3) is 0 Å². The van der Waals surface area contributed by atoms with E-state index < -0.39 is 0 Å². The minimum absolute atomic E-state index is 0.529. The third-order valence-electron chi connectivity index (χ3n) is 5.80. The maximum Gasteiger partial charge on any atom is 0.230 e. The van der Waals surface area contributed by atoms with Crippen LogP contribution in [0.25, 0.3) is 16.7 Å². The molecule has 6 rings (SSSR count). The number of imidazole rings is 1. The van der Waals surface area contributed by atoms with Crippen LogP contribution in [0.5, 0.6) is 0 Å². The lowest BCUT2D eigenvalue weighted by Crippen LogP contribution is -2.37. The second-order valence-electron chi connectivity index (χ2n) is 8.11. The third-order valence-corrected chi connectivity index (χ3v) is 5.80. The molecule has 9 nitrogen and oxygen atoms in total. The number of hydrogen-bond acceptors (Lipinski definition) is 7. The number of H-pyrrole nitrogens is 1. The zero-order valence-corrected chi connectivity index (χ0v) is 16.9. The third kappa shape index (κ3) is 3.15. The Bertz CT molecular complexity index is 1220. The van der Waals surface area contributed by atoms with Crippen LogP contribution < -0.4 is 10.2 Å². The quantitative estimate of drug-likeness (QED) is 0.528. The number of aryl methyl sites for hydroxylation is 1. The Kier molecular flexibility index (Phi) is 4.08. The van der Waals surface area contributed by atoms with Crippen molar-refractivity contribution in [2.45, 2.75) is 32.2 Å². The Labute approximate surface area is 173 Å². The average Bonchev–Trinajstić information content (AvgIpc) is 3.39. The van der Waals surface area contributed by atoms with Gasteiger partial charge in [-0.3, -0.25) is 0 Å². The normalized spacial score (nSPS) is 17.2. The molecule has 0 radical (unpaired) electrons. The lowest BCUT2D eigenvalue weighted by molar-refractivity contribution is 0.122. The molecule has 1 aromatic carbocycles. The smallest absolute Gasteiger partial charge is 0.230 e. The van der Waals surface area contributed by atoms with Gasteiger partial charge >= 0.3 is 0 Å². The lowest BCUT2D eigenvalue weighted by Gasteiger charge is -2.27. The van der Waals surface area contributed by atoms with Gasteiger partial charge < -0.3 is 19.9 Å². The summed E-state index contributed by atoms with van der Waals surface area (Å²) in [5.41, 5.74) is 5.34. The zero-order chi connectivity index (χ0) is 20.1. The van der Waals surface area contributed by atoms with E-state index in [-0.39, 0.29) is 0 Å². The van der Waals surface area contributed by atoms with E-state index in [2.05, 4.69) is 44.3 Å². The summed E-state index contributed by atoms with van der Waals surface area (Å²) in [7, 11) is 0. The van der Waals surface area contributed by atoms with E-state index in [1.54, 1.807) is 0 Å². The van der Waals surface area contributed by atoms with Crippen molar-refractivity contribution >= 4 is 28.6 Å². The van der Waals surface area contributed by atoms with Gasteiger partial charge in [-0.05, 0) is 43.4 Å². The molecule has 0 unspecified atom stereocenters. The molecule has 0 atom stereocenters. The monoisotopic (exact) mass is 404 g/mol. The molecule has 1 aliphatic heterocycles. The molecule has 30 heavy (non-hydrogen) atoms. The SMILES string of the molecule is Cc1ccc2nc(CNc3nc(N4CCOCC4)nc4c(C5CC5)cnn34)[nH]c2c1. The van der Waals surface area contributed by atoms with Crippen LogP contribution in [-0.2, 0) is 11.3 Å². The fourth-order valence-electron chi connectivity index (χ4n) is 4.01. The molecule has 154 valence electrons. The summed E-state index contributed by atoms with van der Waals surface area (Å²) in [6.45, 7) is 5.60. The van der Waals surface area contributed by atoms with Gasteiger partial charge in [-0.15, -0.1) is 0 Å². The predicted octanol–water partition coefficient (Wildman–Crippen LogP) is 2.64. The van der Waals surface area contributed by atoms with Crippen LogP contribution in [0.2, 0.25) is 0 Å². The molecule has 2 aliphatic rings. The van der Waals surface area contributed by atoms with Gasteiger partial charge in [-0.1, -0.05) is 6.07 Å². The highest BCUT2D eigenvalue weighted by Gasteiger charge is 2.29. The van der Waals surface area contributed by atoms with Gasteiger partial charge in [0.1, 0.15) is 5.82 Å². The first-order valence-electron chi connectivity index (χ1n) is 10.5. The Morgan fingerprint density at radius 3 is 2.87 bits per heavy atom. The van der Waals surface area contributed by atoms with Crippen molar-refractivity contribution < 1.29 is 4.74 Å². The number of aromatic amines is 1. The minimum atomic E-state index is 0.529. The summed E-state index contributed by atoms with van der Waals surface area (Å²) in [5.74, 6) is 2.85. The van der Waals surface area contributed by atoms with Crippen LogP contribution in [0.4, 0.5) is 11.9 Å². The second kappa shape index (κ2) is 6.94. The molecule has 4 heterocycles. The minimum Gasteiger partial charge on any atom is -0.378 e. The number of hydrogen-bond donors (Lipinski definition) is 2. The standard InChI is InChI=1S/C21H24N8O/c1-13-2-5-16-17(10-13)25-18(24-16)12-22-20-27-21(28-6-8-30-9-7-28)26-19-15(14-3-4-14)11-23-29(19)20/h2,5,10-11,14H,3-4,6-9,12H2,1H3,(H,24,25)(H,22,26,27). The van der Waals surface area contributed by atoms with E-state index in [1.165, 1.54) is 24.0 Å². The van der Waals surface area contributed by atoms with E-state index in [0.29, 0.717) is 31.6 Å². The maximum absolute atomic E-state index is 5.50. The van der Waals surface area contributed by atoms with E-state index in [1.807, 2.05) is 16.8 Å². The molecule has 0 amide bonds. The number of fused-ring (bicyclic) bond motifs is 2. The Morgan fingerprint density at radius 2 is 2.03 bits per heavy atom. The predicted molar refractivity (Wildman–Crippen MR) is 114 cm³/mol. The van der Waals surface area contributed by atoms with Crippen molar-refractivity contribution in [2.75, 3.05) is 36.5 Å². The van der Waals surface area contributed by atoms with Crippen LogP contribution in [-0.4, -0.2) is 55.9 Å². The molecular weight excluding hydrogens is 380 g/mol. The molecule has 3 aromatic heterocycles. The summed E-state index contributed by atoms with van der Waals surface area (Å²) in [6.07, 6.45) is 4.36. The number of morpholine rings is 1. The molecule has 1 saturated carbocycles. The Morgan fingerprint density at radius 1 is 1.17 bits per heavy atom. The number of rotatable bonds is 5. The van der Waals surface area contributed by atoms with Crippen molar-refractivity contribution in [3.05, 3.63) is 41.3 Å². The van der Waals surface area contributed by atoms with E-state index in [9.17, 15) is 0 Å². The van der Waals surface area contributed by atoms with Crippen LogP contribution in [0.15, 0.2) is 24.4 Å².